The van der Waals surface area contributed by atoms with Gasteiger partial charge in [0.1, 0.15) is 18.1 Å². The molecule has 1 N–H and O–H groups in total. The average Bonchev–Trinajstić information content (AvgIpc) is 2.96. The number of anilines is 2. The highest BCUT2D eigenvalue weighted by Gasteiger charge is 2.31. The fraction of sp³-hybridized carbons (Fsp3) is 0.353. The Kier molecular flexibility index (Phi) is 3.18. The van der Waals surface area contributed by atoms with Crippen molar-refractivity contribution < 1.29 is 9.59 Å². The second kappa shape index (κ2) is 5.22. The van der Waals surface area contributed by atoms with E-state index >= 15 is 0 Å². The third-order valence-electron chi connectivity index (χ3n) is 4.55. The van der Waals surface area contributed by atoms with Gasteiger partial charge in [-0.2, -0.15) is 0 Å². The summed E-state index contributed by atoms with van der Waals surface area (Å²) in [6, 6.07) is 7.36. The molecule has 0 bridgehead atoms. The maximum absolute atomic E-state index is 13.0. The van der Waals surface area contributed by atoms with Crippen molar-refractivity contribution in [3.05, 3.63) is 42.0 Å². The van der Waals surface area contributed by atoms with Crippen molar-refractivity contribution in [3.63, 3.8) is 0 Å². The Morgan fingerprint density at radius 3 is 3.04 bits per heavy atom. The van der Waals surface area contributed by atoms with E-state index in [1.807, 2.05) is 22.8 Å². The van der Waals surface area contributed by atoms with Crippen molar-refractivity contribution >= 4 is 23.2 Å². The minimum absolute atomic E-state index is 0.0345. The smallest absolute Gasteiger partial charge is 0.277 e. The van der Waals surface area contributed by atoms with E-state index in [0.29, 0.717) is 17.3 Å². The van der Waals surface area contributed by atoms with E-state index in [1.165, 1.54) is 4.90 Å². The van der Waals surface area contributed by atoms with Crippen molar-refractivity contribution in [2.45, 2.75) is 26.3 Å². The molecule has 0 saturated heterocycles. The number of nitrogens with zero attached hydrogens (tertiary/aromatic N) is 3. The molecule has 0 fully saturated rings. The molecule has 1 aromatic carbocycles. The number of benzene rings is 1. The van der Waals surface area contributed by atoms with Crippen LogP contribution in [0.3, 0.4) is 0 Å². The maximum Gasteiger partial charge on any atom is 0.277 e. The van der Waals surface area contributed by atoms with Crippen molar-refractivity contribution in [1.29, 1.82) is 0 Å². The lowest BCUT2D eigenvalue weighted by atomic mass is 10.0. The van der Waals surface area contributed by atoms with Crippen LogP contribution >= 0.6 is 0 Å². The van der Waals surface area contributed by atoms with Gasteiger partial charge in [-0.25, -0.2) is 4.98 Å². The number of imidazole rings is 1. The Morgan fingerprint density at radius 2 is 2.17 bits per heavy atom. The number of para-hydroxylation sites is 2. The van der Waals surface area contributed by atoms with Gasteiger partial charge in [0.05, 0.1) is 17.6 Å². The summed E-state index contributed by atoms with van der Waals surface area (Å²) in [5, 5.41) is 2.80. The summed E-state index contributed by atoms with van der Waals surface area (Å²) in [7, 11) is 0. The highest BCUT2D eigenvalue weighted by molar-refractivity contribution is 6.14. The van der Waals surface area contributed by atoms with Crippen LogP contribution < -0.4 is 10.2 Å². The molecule has 6 heteroatoms. The molecule has 0 aliphatic carbocycles. The van der Waals surface area contributed by atoms with Crippen LogP contribution in [0.5, 0.6) is 0 Å². The lowest BCUT2D eigenvalue weighted by molar-refractivity contribution is -0.115. The van der Waals surface area contributed by atoms with Gasteiger partial charge in [-0.15, -0.1) is 0 Å². The number of hydrogen-bond donors (Lipinski definition) is 1. The van der Waals surface area contributed by atoms with E-state index in [1.54, 1.807) is 12.3 Å². The molecule has 2 aliphatic rings. The van der Waals surface area contributed by atoms with E-state index in [0.717, 1.165) is 30.9 Å². The zero-order valence-electron chi connectivity index (χ0n) is 13.0. The third-order valence-corrected chi connectivity index (χ3v) is 4.55. The molecule has 1 atom stereocenters. The molecule has 2 aromatic rings. The van der Waals surface area contributed by atoms with E-state index in [-0.39, 0.29) is 18.4 Å². The van der Waals surface area contributed by atoms with Gasteiger partial charge in [-0.1, -0.05) is 19.1 Å². The molecule has 1 unspecified atom stereocenters. The van der Waals surface area contributed by atoms with Crippen LogP contribution in [0.2, 0.25) is 0 Å². The first-order valence-electron chi connectivity index (χ1n) is 7.88. The predicted octanol–water partition coefficient (Wildman–Crippen LogP) is 2.06. The molecule has 4 rings (SSSR count). The molecule has 3 heterocycles. The molecule has 0 radical (unpaired) electrons. The van der Waals surface area contributed by atoms with Gasteiger partial charge in [0.15, 0.2) is 0 Å². The molecule has 2 amide bonds. The van der Waals surface area contributed by atoms with E-state index < -0.39 is 0 Å². The van der Waals surface area contributed by atoms with Crippen molar-refractivity contribution in [3.8, 4) is 0 Å². The first kappa shape index (κ1) is 14.0. The van der Waals surface area contributed by atoms with Crippen molar-refractivity contribution in [2.75, 3.05) is 16.8 Å². The largest absolute Gasteiger partial charge is 0.324 e. The van der Waals surface area contributed by atoms with Gasteiger partial charge in [-0.05, 0) is 24.5 Å². The second-order valence-corrected chi connectivity index (χ2v) is 6.27. The van der Waals surface area contributed by atoms with Gasteiger partial charge in [0.25, 0.3) is 5.91 Å². The summed E-state index contributed by atoms with van der Waals surface area (Å²) in [5.74, 6) is 1.21. The lowest BCUT2D eigenvalue weighted by Crippen LogP contribution is -2.43. The van der Waals surface area contributed by atoms with Crippen molar-refractivity contribution in [2.24, 2.45) is 5.92 Å². The highest BCUT2D eigenvalue weighted by Crippen LogP contribution is 2.31. The number of nitrogens with one attached hydrogen (secondary N) is 1. The summed E-state index contributed by atoms with van der Waals surface area (Å²) in [6.45, 7) is 3.04. The lowest BCUT2D eigenvalue weighted by Gasteiger charge is -2.30. The summed E-state index contributed by atoms with van der Waals surface area (Å²) < 4.78 is 2.00. The van der Waals surface area contributed by atoms with Gasteiger partial charge in [0.2, 0.25) is 5.91 Å². The van der Waals surface area contributed by atoms with Gasteiger partial charge >= 0.3 is 0 Å². The van der Waals surface area contributed by atoms with Crippen LogP contribution in [0.1, 0.15) is 29.7 Å². The molecular weight excluding hydrogens is 292 g/mol. The monoisotopic (exact) mass is 310 g/mol. The Bertz CT molecular complexity index is 796. The third kappa shape index (κ3) is 2.30. The molecular formula is C17H18N4O2. The molecule has 0 spiro atoms. The van der Waals surface area contributed by atoms with Gasteiger partial charge in [0, 0.05) is 13.0 Å². The fourth-order valence-corrected chi connectivity index (χ4v) is 3.31. The Labute approximate surface area is 134 Å². The van der Waals surface area contributed by atoms with Crippen LogP contribution in [-0.2, 0) is 17.8 Å². The topological polar surface area (TPSA) is 67.2 Å². The van der Waals surface area contributed by atoms with Crippen LogP contribution in [0, 0.1) is 5.92 Å². The summed E-state index contributed by atoms with van der Waals surface area (Å²) >= 11 is 0. The quantitative estimate of drug-likeness (QED) is 0.877. The average molecular weight is 310 g/mol. The maximum atomic E-state index is 13.0. The number of hydrogen-bond acceptors (Lipinski definition) is 3. The number of fused-ring (bicyclic) bond motifs is 2. The van der Waals surface area contributed by atoms with Gasteiger partial charge in [-0.3, -0.25) is 14.5 Å². The Morgan fingerprint density at radius 1 is 1.35 bits per heavy atom. The number of aromatic nitrogens is 2. The number of carbonyl (C=O) groups excluding carboxylic acids is 2. The fourth-order valence-electron chi connectivity index (χ4n) is 3.31. The SMILES string of the molecule is CC1CCn2c(C(=O)N3CC(=O)Nc4ccccc43)cnc2C1. The van der Waals surface area contributed by atoms with Crippen molar-refractivity contribution in [1.82, 2.24) is 9.55 Å². The summed E-state index contributed by atoms with van der Waals surface area (Å²) in [5.41, 5.74) is 1.97. The van der Waals surface area contributed by atoms with E-state index in [4.69, 9.17) is 0 Å². The Balaban J connectivity index is 1.72. The highest BCUT2D eigenvalue weighted by atomic mass is 16.2. The van der Waals surface area contributed by atoms with Crippen LogP contribution in [-0.4, -0.2) is 27.9 Å². The van der Waals surface area contributed by atoms with Crippen LogP contribution in [0.25, 0.3) is 0 Å². The number of carbonyl (C=O) groups is 2. The van der Waals surface area contributed by atoms with Crippen LogP contribution in [0.15, 0.2) is 30.5 Å². The zero-order valence-corrected chi connectivity index (χ0v) is 13.0. The summed E-state index contributed by atoms with van der Waals surface area (Å²) in [4.78, 5) is 30.9. The standard InChI is InChI=1S/C17H18N4O2/c1-11-6-7-20-14(9-18-15(20)8-11)17(23)21-10-16(22)19-12-4-2-3-5-13(12)21/h2-5,9,11H,6-8,10H2,1H3,(H,19,22). The van der Waals surface area contributed by atoms with E-state index in [9.17, 15) is 9.59 Å². The van der Waals surface area contributed by atoms with Crippen LogP contribution in [0.4, 0.5) is 11.4 Å². The Hall–Kier alpha value is -2.63. The predicted molar refractivity (Wildman–Crippen MR) is 86.5 cm³/mol. The normalized spacial score (nSPS) is 19.8. The minimum atomic E-state index is -0.177. The minimum Gasteiger partial charge on any atom is -0.324 e. The second-order valence-electron chi connectivity index (χ2n) is 6.27. The molecule has 23 heavy (non-hydrogen) atoms. The van der Waals surface area contributed by atoms with E-state index in [2.05, 4.69) is 17.2 Å². The molecule has 0 saturated carbocycles. The summed E-state index contributed by atoms with van der Waals surface area (Å²) in [6.07, 6.45) is 3.58. The zero-order chi connectivity index (χ0) is 16.0. The first-order valence-corrected chi connectivity index (χ1v) is 7.88. The molecule has 118 valence electrons. The van der Waals surface area contributed by atoms with Gasteiger partial charge < -0.3 is 9.88 Å². The number of amides is 2. The molecule has 6 nitrogen and oxygen atoms in total. The molecule has 2 aliphatic heterocycles. The first-order chi connectivity index (χ1) is 11.1. The molecule has 1 aromatic heterocycles. The number of rotatable bonds is 1.